The van der Waals surface area contributed by atoms with Crippen LogP contribution < -0.4 is 10.1 Å². The Hall–Kier alpha value is -3.01. The van der Waals surface area contributed by atoms with Crippen LogP contribution in [0.5, 0.6) is 5.75 Å². The van der Waals surface area contributed by atoms with E-state index in [4.69, 9.17) is 14.2 Å². The summed E-state index contributed by atoms with van der Waals surface area (Å²) in [6.07, 6.45) is 0. The van der Waals surface area contributed by atoms with Gasteiger partial charge in [-0.05, 0) is 43.3 Å². The Morgan fingerprint density at radius 1 is 1.15 bits per heavy atom. The first kappa shape index (κ1) is 26.2. The molecule has 0 fully saturated rings. The number of hydrogen-bond donors (Lipinski definition) is 3. The number of rotatable bonds is 12. The van der Waals surface area contributed by atoms with Crippen molar-refractivity contribution in [2.24, 2.45) is 10.2 Å². The molecule has 0 radical (unpaired) electrons. The standard InChI is InChI=1S/C19H21N3O9S2/c1-13(23)18(19(24)20-16-5-3-4-6-17(16)28-2)22-21-14-7-9-15(10-8-14)33(26,27)12-11-29-32-31-30-25/h3-10,23,25H,11-12H2,1-2H3,(H,20,24). The van der Waals surface area contributed by atoms with Crippen molar-refractivity contribution < 1.29 is 41.9 Å². The number of nitrogens with one attached hydrogen (secondary N) is 1. The predicted molar refractivity (Wildman–Crippen MR) is 118 cm³/mol. The number of methoxy groups -OCH3 is 1. The molecule has 0 spiro atoms. The maximum Gasteiger partial charge on any atom is 0.279 e. The van der Waals surface area contributed by atoms with E-state index in [1.54, 1.807) is 24.3 Å². The molecular formula is C19H21N3O9S2. The Bertz CT molecular complexity index is 1100. The molecule has 1 amide bonds. The van der Waals surface area contributed by atoms with Gasteiger partial charge in [0.05, 0.1) is 35.7 Å². The van der Waals surface area contributed by atoms with Crippen molar-refractivity contribution in [3.8, 4) is 5.75 Å². The van der Waals surface area contributed by atoms with Crippen LogP contribution in [-0.4, -0.2) is 44.2 Å². The third kappa shape index (κ3) is 8.12. The average Bonchev–Trinajstić information content (AvgIpc) is 2.79. The van der Waals surface area contributed by atoms with Gasteiger partial charge < -0.3 is 15.2 Å². The van der Waals surface area contributed by atoms with Crippen molar-refractivity contribution in [2.45, 2.75) is 11.8 Å². The Morgan fingerprint density at radius 2 is 1.85 bits per heavy atom. The van der Waals surface area contributed by atoms with Crippen LogP contribution in [0.1, 0.15) is 6.92 Å². The highest BCUT2D eigenvalue weighted by Crippen LogP contribution is 2.25. The first-order valence-electron chi connectivity index (χ1n) is 9.13. The molecule has 12 nitrogen and oxygen atoms in total. The second-order valence-corrected chi connectivity index (χ2v) is 8.75. The van der Waals surface area contributed by atoms with Gasteiger partial charge in [0.25, 0.3) is 5.91 Å². The van der Waals surface area contributed by atoms with Crippen LogP contribution in [0.4, 0.5) is 11.4 Å². The van der Waals surface area contributed by atoms with E-state index in [9.17, 15) is 18.3 Å². The SMILES string of the molecule is COc1ccccc1NC(=O)C(N=Nc1ccc(S(=O)(=O)CCOSOOO)cc1)=C(C)O. The van der Waals surface area contributed by atoms with Crippen LogP contribution in [0, 0.1) is 0 Å². The van der Waals surface area contributed by atoms with Gasteiger partial charge in [-0.25, -0.2) is 13.7 Å². The Labute approximate surface area is 194 Å². The van der Waals surface area contributed by atoms with E-state index < -0.39 is 15.7 Å². The quantitative estimate of drug-likeness (QED) is 0.0739. The molecule has 0 atom stereocenters. The van der Waals surface area contributed by atoms with Gasteiger partial charge in [0.1, 0.15) is 11.5 Å². The van der Waals surface area contributed by atoms with Crippen LogP contribution in [0.25, 0.3) is 0 Å². The molecule has 14 heteroatoms. The van der Waals surface area contributed by atoms with Gasteiger partial charge in [-0.2, -0.15) is 5.11 Å². The summed E-state index contributed by atoms with van der Waals surface area (Å²) >= 11 is 0.279. The van der Waals surface area contributed by atoms with Crippen LogP contribution in [-0.2, 0) is 28.2 Å². The fourth-order valence-electron chi connectivity index (χ4n) is 2.37. The predicted octanol–water partition coefficient (Wildman–Crippen LogP) is 3.98. The zero-order valence-corrected chi connectivity index (χ0v) is 19.1. The Balaban J connectivity index is 2.07. The van der Waals surface area contributed by atoms with E-state index in [2.05, 4.69) is 24.9 Å². The maximum atomic E-state index is 12.5. The lowest BCUT2D eigenvalue weighted by molar-refractivity contribution is -0.434. The van der Waals surface area contributed by atoms with Gasteiger partial charge in [0.15, 0.2) is 27.9 Å². The van der Waals surface area contributed by atoms with Gasteiger partial charge >= 0.3 is 0 Å². The maximum absolute atomic E-state index is 12.5. The number of carbonyl (C=O) groups excluding carboxylic acids is 1. The third-order valence-electron chi connectivity index (χ3n) is 3.92. The van der Waals surface area contributed by atoms with Gasteiger partial charge in [0.2, 0.25) is 0 Å². The molecule has 0 aliphatic heterocycles. The zero-order chi connectivity index (χ0) is 24.3. The highest BCUT2D eigenvalue weighted by molar-refractivity contribution is 7.91. The van der Waals surface area contributed by atoms with Crippen molar-refractivity contribution in [1.29, 1.82) is 0 Å². The number of hydrogen-bond acceptors (Lipinski definition) is 12. The summed E-state index contributed by atoms with van der Waals surface area (Å²) < 4.78 is 38.4. The van der Waals surface area contributed by atoms with Crippen LogP contribution in [0.3, 0.4) is 0 Å². The zero-order valence-electron chi connectivity index (χ0n) is 17.5. The molecular weight excluding hydrogens is 478 g/mol. The van der Waals surface area contributed by atoms with E-state index in [-0.39, 0.29) is 46.7 Å². The summed E-state index contributed by atoms with van der Waals surface area (Å²) in [5, 5.41) is 31.4. The lowest BCUT2D eigenvalue weighted by Gasteiger charge is -2.10. The smallest absolute Gasteiger partial charge is 0.279 e. The fourth-order valence-corrected chi connectivity index (χ4v) is 3.78. The normalized spacial score (nSPS) is 12.5. The minimum absolute atomic E-state index is 0.0115. The van der Waals surface area contributed by atoms with Gasteiger partial charge in [0, 0.05) is 0 Å². The molecule has 2 aromatic carbocycles. The van der Waals surface area contributed by atoms with Crippen molar-refractivity contribution >= 4 is 39.4 Å². The molecule has 33 heavy (non-hydrogen) atoms. The number of ether oxygens (including phenoxy) is 1. The first-order valence-corrected chi connectivity index (χ1v) is 11.5. The van der Waals surface area contributed by atoms with Gasteiger partial charge in [-0.15, -0.1) is 9.45 Å². The number of benzene rings is 2. The van der Waals surface area contributed by atoms with Crippen molar-refractivity contribution in [3.05, 3.63) is 60.0 Å². The van der Waals surface area contributed by atoms with Crippen molar-refractivity contribution in [3.63, 3.8) is 0 Å². The summed E-state index contributed by atoms with van der Waals surface area (Å²) in [7, 11) is -2.20. The second-order valence-electron chi connectivity index (χ2n) is 6.13. The lowest BCUT2D eigenvalue weighted by atomic mass is 10.2. The molecule has 2 rings (SSSR count). The summed E-state index contributed by atoms with van der Waals surface area (Å²) in [5.74, 6) is -1.00. The number of sulfone groups is 1. The molecule has 2 aromatic rings. The van der Waals surface area contributed by atoms with Gasteiger partial charge in [-0.3, -0.25) is 8.98 Å². The van der Waals surface area contributed by atoms with E-state index in [1.165, 1.54) is 38.3 Å². The van der Waals surface area contributed by atoms with E-state index >= 15 is 0 Å². The lowest BCUT2D eigenvalue weighted by Crippen LogP contribution is -2.15. The molecule has 0 heterocycles. The number of azo groups is 1. The molecule has 0 bridgehead atoms. The second kappa shape index (κ2) is 12.9. The molecule has 0 aromatic heterocycles. The number of para-hydroxylation sites is 2. The summed E-state index contributed by atoms with van der Waals surface area (Å²) in [4.78, 5) is 12.5. The number of amides is 1. The average molecular weight is 500 g/mol. The highest BCUT2D eigenvalue weighted by Gasteiger charge is 2.16. The number of aliphatic hydroxyl groups excluding tert-OH is 1. The van der Waals surface area contributed by atoms with Crippen LogP contribution in [0.15, 0.2) is 75.1 Å². The molecule has 0 aliphatic carbocycles. The molecule has 0 saturated heterocycles. The largest absolute Gasteiger partial charge is 0.510 e. The minimum atomic E-state index is -3.66. The molecule has 3 N–H and O–H groups in total. The van der Waals surface area contributed by atoms with E-state index in [0.717, 1.165) is 0 Å². The number of anilines is 1. The Morgan fingerprint density at radius 3 is 2.48 bits per heavy atom. The third-order valence-corrected chi connectivity index (χ3v) is 5.99. The monoisotopic (exact) mass is 499 g/mol. The molecule has 0 saturated carbocycles. The Kier molecular flexibility index (Phi) is 10.2. The minimum Gasteiger partial charge on any atom is -0.510 e. The topological polar surface area (TPSA) is 165 Å². The number of aliphatic hydroxyl groups is 1. The fraction of sp³-hybridized carbons (Fsp3) is 0.211. The van der Waals surface area contributed by atoms with Crippen LogP contribution in [0.2, 0.25) is 0 Å². The van der Waals surface area contributed by atoms with E-state index in [1.807, 2.05) is 0 Å². The number of carbonyl (C=O) groups is 1. The molecule has 0 aliphatic rings. The molecule has 0 unspecified atom stereocenters. The van der Waals surface area contributed by atoms with Crippen LogP contribution >= 0.6 is 12.3 Å². The van der Waals surface area contributed by atoms with Gasteiger partial charge in [-0.1, -0.05) is 17.2 Å². The number of nitrogens with zero attached hydrogens (tertiary/aromatic N) is 2. The summed E-state index contributed by atoms with van der Waals surface area (Å²) in [6.45, 7) is 1.06. The number of allylic oxidation sites excluding steroid dienone is 1. The summed E-state index contributed by atoms with van der Waals surface area (Å²) in [5.41, 5.74) is 0.297. The highest BCUT2D eigenvalue weighted by atomic mass is 32.2. The van der Waals surface area contributed by atoms with E-state index in [0.29, 0.717) is 11.4 Å². The van der Waals surface area contributed by atoms with Crippen molar-refractivity contribution in [2.75, 3.05) is 24.8 Å². The van der Waals surface area contributed by atoms with Crippen molar-refractivity contribution in [1.82, 2.24) is 0 Å². The molecule has 178 valence electrons. The summed E-state index contributed by atoms with van der Waals surface area (Å²) in [6, 6.07) is 12.1. The first-order chi connectivity index (χ1) is 15.8.